The molecule has 9 heteroatoms. The Bertz CT molecular complexity index is 820. The Kier molecular flexibility index (Phi) is 16.6. The fourth-order valence-electron chi connectivity index (χ4n) is 2.60. The van der Waals surface area contributed by atoms with Gasteiger partial charge >= 0.3 is 0 Å². The largest absolute Gasteiger partial charge is 0.369 e. The number of carbonyl (C=O) groups excluding carboxylic acids is 2. The summed E-state index contributed by atoms with van der Waals surface area (Å²) in [7, 11) is 3.36. The monoisotopic (exact) mass is 529 g/mol. The Labute approximate surface area is 223 Å². The topological polar surface area (TPSA) is 88.7 Å². The Balaban J connectivity index is -0.00000408. The van der Waals surface area contributed by atoms with Crippen LogP contribution >= 0.6 is 21.6 Å². The first kappa shape index (κ1) is 31.3. The minimum Gasteiger partial charge on any atom is -0.369 e. The van der Waals surface area contributed by atoms with Crippen LogP contribution in [0.3, 0.4) is 0 Å². The van der Waals surface area contributed by atoms with E-state index in [9.17, 15) is 9.59 Å². The SMILES string of the molecule is CC(C)C#CCNC(=O)COCCOC(SSC(C)C)c1ccc(C(=O)NCCNC(C)C)cc1.[HH].[HH].[HH]. The van der Waals surface area contributed by atoms with Crippen molar-refractivity contribution in [1.82, 2.24) is 16.0 Å². The zero-order valence-electron chi connectivity index (χ0n) is 21.8. The number of nitrogens with one attached hydrogen (secondary N) is 3. The molecular formula is C26H47N3O4S2. The Hall–Kier alpha value is -1.70. The average Bonchev–Trinajstić information content (AvgIpc) is 2.81. The van der Waals surface area contributed by atoms with E-state index in [1.54, 1.807) is 21.6 Å². The molecular weight excluding hydrogens is 482 g/mol. The molecule has 1 aromatic carbocycles. The van der Waals surface area contributed by atoms with Gasteiger partial charge in [-0.3, -0.25) is 9.59 Å². The molecule has 0 aliphatic heterocycles. The first-order valence-electron chi connectivity index (χ1n) is 12.1. The highest BCUT2D eigenvalue weighted by Crippen LogP contribution is 2.41. The summed E-state index contributed by atoms with van der Waals surface area (Å²) in [6, 6.07) is 7.88. The summed E-state index contributed by atoms with van der Waals surface area (Å²) in [5.41, 5.74) is 1.38. The maximum atomic E-state index is 12.4. The van der Waals surface area contributed by atoms with Crippen LogP contribution in [0, 0.1) is 17.8 Å². The molecule has 0 heterocycles. The van der Waals surface area contributed by atoms with Gasteiger partial charge in [0.05, 0.1) is 19.8 Å². The molecule has 0 aromatic heterocycles. The van der Waals surface area contributed by atoms with Gasteiger partial charge in [0.15, 0.2) is 0 Å². The second-order valence-corrected chi connectivity index (χ2v) is 11.6. The molecule has 202 valence electrons. The van der Waals surface area contributed by atoms with Crippen molar-refractivity contribution in [3.05, 3.63) is 35.4 Å². The minimum absolute atomic E-state index is 0. The van der Waals surface area contributed by atoms with E-state index in [-0.39, 0.29) is 34.1 Å². The van der Waals surface area contributed by atoms with Crippen molar-refractivity contribution in [2.75, 3.05) is 39.5 Å². The van der Waals surface area contributed by atoms with Gasteiger partial charge in [-0.2, -0.15) is 0 Å². The molecule has 0 radical (unpaired) electrons. The summed E-state index contributed by atoms with van der Waals surface area (Å²) in [5, 5.41) is 9.35. The zero-order valence-corrected chi connectivity index (χ0v) is 23.4. The fraction of sp³-hybridized carbons (Fsp3) is 0.615. The van der Waals surface area contributed by atoms with Crippen molar-refractivity contribution in [3.63, 3.8) is 0 Å². The van der Waals surface area contributed by atoms with E-state index in [0.29, 0.717) is 43.2 Å². The lowest BCUT2D eigenvalue weighted by molar-refractivity contribution is -0.126. The third-order valence-electron chi connectivity index (χ3n) is 4.24. The second-order valence-electron chi connectivity index (χ2n) is 8.74. The molecule has 0 aliphatic rings. The highest BCUT2D eigenvalue weighted by molar-refractivity contribution is 8.76. The van der Waals surface area contributed by atoms with Gasteiger partial charge in [-0.25, -0.2) is 0 Å². The lowest BCUT2D eigenvalue weighted by Crippen LogP contribution is -2.34. The van der Waals surface area contributed by atoms with Crippen LogP contribution in [0.25, 0.3) is 0 Å². The molecule has 2 amide bonds. The minimum atomic E-state index is -0.210. The first-order chi connectivity index (χ1) is 16.7. The van der Waals surface area contributed by atoms with Crippen LogP contribution in [-0.4, -0.2) is 62.6 Å². The molecule has 1 unspecified atom stereocenters. The summed E-state index contributed by atoms with van der Waals surface area (Å²) in [6.07, 6.45) is 0. The summed E-state index contributed by atoms with van der Waals surface area (Å²) in [4.78, 5) is 24.2. The number of rotatable bonds is 16. The Morgan fingerprint density at radius 1 is 0.971 bits per heavy atom. The van der Waals surface area contributed by atoms with E-state index < -0.39 is 0 Å². The van der Waals surface area contributed by atoms with Crippen LogP contribution < -0.4 is 16.0 Å². The summed E-state index contributed by atoms with van der Waals surface area (Å²) in [6.45, 7) is 14.7. The van der Waals surface area contributed by atoms with Crippen molar-refractivity contribution in [2.24, 2.45) is 5.92 Å². The molecule has 0 aliphatic carbocycles. The second kappa shape index (κ2) is 18.6. The maximum Gasteiger partial charge on any atom is 0.251 e. The van der Waals surface area contributed by atoms with Crippen molar-refractivity contribution < 1.29 is 23.3 Å². The highest BCUT2D eigenvalue weighted by Gasteiger charge is 2.16. The average molecular weight is 530 g/mol. The van der Waals surface area contributed by atoms with Crippen LogP contribution in [0.5, 0.6) is 0 Å². The molecule has 0 saturated carbocycles. The van der Waals surface area contributed by atoms with E-state index in [4.69, 9.17) is 9.47 Å². The third kappa shape index (κ3) is 15.8. The van der Waals surface area contributed by atoms with Gasteiger partial charge in [0.25, 0.3) is 5.91 Å². The number of ether oxygens (including phenoxy) is 2. The number of benzene rings is 1. The predicted molar refractivity (Wildman–Crippen MR) is 154 cm³/mol. The Morgan fingerprint density at radius 3 is 2.31 bits per heavy atom. The van der Waals surface area contributed by atoms with Gasteiger partial charge in [-0.15, -0.1) is 0 Å². The number of carbonyl (C=O) groups is 2. The van der Waals surface area contributed by atoms with Crippen LogP contribution in [-0.2, 0) is 14.3 Å². The molecule has 1 aromatic rings. The summed E-state index contributed by atoms with van der Waals surface area (Å²) in [5.74, 6) is 5.90. The summed E-state index contributed by atoms with van der Waals surface area (Å²) < 4.78 is 11.5. The van der Waals surface area contributed by atoms with Gasteiger partial charge in [0.1, 0.15) is 12.0 Å². The van der Waals surface area contributed by atoms with Gasteiger partial charge in [0.2, 0.25) is 5.91 Å². The van der Waals surface area contributed by atoms with Gasteiger partial charge in [-0.05, 0) is 17.7 Å². The number of amides is 2. The van der Waals surface area contributed by atoms with Crippen LogP contribution in [0.15, 0.2) is 24.3 Å². The normalized spacial score (nSPS) is 11.9. The van der Waals surface area contributed by atoms with E-state index >= 15 is 0 Å². The lowest BCUT2D eigenvalue weighted by atomic mass is 10.1. The molecule has 35 heavy (non-hydrogen) atoms. The highest BCUT2D eigenvalue weighted by atomic mass is 33.1. The van der Waals surface area contributed by atoms with Gasteiger partial charge in [-0.1, -0.05) is 87.1 Å². The van der Waals surface area contributed by atoms with Crippen molar-refractivity contribution >= 4 is 33.4 Å². The van der Waals surface area contributed by atoms with Crippen LogP contribution in [0.4, 0.5) is 0 Å². The van der Waals surface area contributed by atoms with E-state index in [0.717, 1.165) is 12.1 Å². The van der Waals surface area contributed by atoms with Gasteiger partial charge < -0.3 is 25.4 Å². The van der Waals surface area contributed by atoms with Crippen LogP contribution in [0.2, 0.25) is 0 Å². The van der Waals surface area contributed by atoms with E-state index in [1.165, 1.54) is 0 Å². The quantitative estimate of drug-likeness (QED) is 0.123. The molecule has 0 fully saturated rings. The molecule has 0 saturated heterocycles. The van der Waals surface area contributed by atoms with Crippen molar-refractivity contribution in [3.8, 4) is 11.8 Å². The van der Waals surface area contributed by atoms with E-state index in [2.05, 4.69) is 55.5 Å². The summed E-state index contributed by atoms with van der Waals surface area (Å²) >= 11 is 0. The lowest BCUT2D eigenvalue weighted by Gasteiger charge is -2.19. The fourth-order valence-corrected chi connectivity index (χ4v) is 4.81. The molecule has 0 bridgehead atoms. The maximum absolute atomic E-state index is 12.4. The van der Waals surface area contributed by atoms with E-state index in [1.807, 2.05) is 38.1 Å². The predicted octanol–water partition coefficient (Wildman–Crippen LogP) is 4.75. The first-order valence-corrected chi connectivity index (χ1v) is 14.3. The van der Waals surface area contributed by atoms with Crippen LogP contribution in [0.1, 0.15) is 67.2 Å². The smallest absolute Gasteiger partial charge is 0.251 e. The zero-order chi connectivity index (χ0) is 26.1. The Morgan fingerprint density at radius 2 is 1.69 bits per heavy atom. The third-order valence-corrected chi connectivity index (χ3v) is 7.33. The molecule has 1 atom stereocenters. The molecule has 7 nitrogen and oxygen atoms in total. The van der Waals surface area contributed by atoms with Crippen molar-refractivity contribution in [1.29, 1.82) is 0 Å². The molecule has 1 rings (SSSR count). The number of hydrogen-bond acceptors (Lipinski definition) is 7. The van der Waals surface area contributed by atoms with Gasteiger partial charge in [0, 0.05) is 40.1 Å². The molecule has 3 N–H and O–H groups in total. The van der Waals surface area contributed by atoms with Crippen molar-refractivity contribution in [2.45, 2.75) is 58.3 Å². The molecule has 0 spiro atoms. The number of hydrogen-bond donors (Lipinski definition) is 3. The standard InChI is InChI=1S/C26H41N3O4S2.3H2/c1-19(2)8-7-13-28-24(30)18-32-16-17-33-26(35-34-21(5)6)23-11-9-22(10-12-23)25(31)29-15-14-27-20(3)4;;;/h9-12,19-21,26-27H,13-18H2,1-6H3,(H,28,30)(H,29,31);3*1H.